The van der Waals surface area contributed by atoms with Crippen LogP contribution in [0.1, 0.15) is 11.1 Å². The third-order valence-electron chi connectivity index (χ3n) is 1.73. The van der Waals surface area contributed by atoms with E-state index in [0.717, 1.165) is 14.7 Å². The maximum absolute atomic E-state index is 8.55. The van der Waals surface area contributed by atoms with Gasteiger partial charge in [0.25, 0.3) is 0 Å². The lowest BCUT2D eigenvalue weighted by molar-refractivity contribution is 1.20. The van der Waals surface area contributed by atoms with E-state index in [1.165, 1.54) is 0 Å². The summed E-state index contributed by atoms with van der Waals surface area (Å²) in [7, 11) is 0. The summed E-state index contributed by atoms with van der Waals surface area (Å²) < 4.78 is 1.15. The fourth-order valence-corrected chi connectivity index (χ4v) is 1.77. The average molecular weight is 292 g/mol. The molecule has 1 aromatic carbocycles. The highest BCUT2D eigenvalue weighted by molar-refractivity contribution is 14.1. The molecule has 1 aromatic rings. The molecule has 0 unspecified atom stereocenters. The van der Waals surface area contributed by atoms with E-state index in [1.807, 2.05) is 19.1 Å². The Morgan fingerprint density at radius 2 is 2.25 bits per heavy atom. The first kappa shape index (κ1) is 9.82. The van der Waals surface area contributed by atoms with E-state index >= 15 is 0 Å². The largest absolute Gasteiger partial charge is 0.198 e. The van der Waals surface area contributed by atoms with Crippen molar-refractivity contribution in [1.29, 1.82) is 5.26 Å². The first-order valence-electron chi connectivity index (χ1n) is 3.47. The van der Waals surface area contributed by atoms with Crippen molar-refractivity contribution in [2.24, 2.45) is 0 Å². The van der Waals surface area contributed by atoms with Gasteiger partial charge in [0.15, 0.2) is 0 Å². The van der Waals surface area contributed by atoms with Crippen LogP contribution >= 0.6 is 34.2 Å². The van der Waals surface area contributed by atoms with Crippen LogP contribution in [0.3, 0.4) is 0 Å². The number of nitrogens with zero attached hydrogens (tertiary/aromatic N) is 1. The van der Waals surface area contributed by atoms with Gasteiger partial charge in [-0.3, -0.25) is 0 Å². The molecule has 0 aliphatic carbocycles. The first-order valence-corrected chi connectivity index (χ1v) is 4.93. The molecule has 1 rings (SSSR count). The van der Waals surface area contributed by atoms with Gasteiger partial charge < -0.3 is 0 Å². The minimum Gasteiger partial charge on any atom is -0.198 e. The third-order valence-corrected chi connectivity index (χ3v) is 3.25. The van der Waals surface area contributed by atoms with Crippen molar-refractivity contribution < 1.29 is 0 Å². The predicted octanol–water partition coefficient (Wildman–Crippen LogP) is 3.32. The molecule has 0 aliphatic rings. The highest BCUT2D eigenvalue weighted by Gasteiger charge is 2.05. The Morgan fingerprint density at radius 3 is 2.83 bits per heavy atom. The molecule has 0 atom stereocenters. The standard InChI is InChI=1S/C9H7ClIN/c1-6-7(4-5-12)8(10)2-3-9(6)11/h2-3H,4H2,1H3. The molecular formula is C9H7ClIN. The lowest BCUT2D eigenvalue weighted by Gasteiger charge is -2.05. The van der Waals surface area contributed by atoms with Gasteiger partial charge in [0.2, 0.25) is 0 Å². The van der Waals surface area contributed by atoms with E-state index in [2.05, 4.69) is 28.7 Å². The van der Waals surface area contributed by atoms with Crippen LogP contribution in [-0.4, -0.2) is 0 Å². The molecule has 62 valence electrons. The van der Waals surface area contributed by atoms with Gasteiger partial charge in [-0.25, -0.2) is 0 Å². The maximum atomic E-state index is 8.55. The van der Waals surface area contributed by atoms with Crippen LogP contribution in [0.5, 0.6) is 0 Å². The monoisotopic (exact) mass is 291 g/mol. The van der Waals surface area contributed by atoms with Gasteiger partial charge in [0.1, 0.15) is 0 Å². The van der Waals surface area contributed by atoms with Gasteiger partial charge >= 0.3 is 0 Å². The number of nitriles is 1. The molecular weight excluding hydrogens is 284 g/mol. The number of hydrogen-bond acceptors (Lipinski definition) is 1. The molecule has 0 fully saturated rings. The maximum Gasteiger partial charge on any atom is 0.0670 e. The van der Waals surface area contributed by atoms with Gasteiger partial charge in [-0.1, -0.05) is 11.6 Å². The Hall–Kier alpha value is -0.270. The quantitative estimate of drug-likeness (QED) is 0.728. The van der Waals surface area contributed by atoms with Crippen molar-refractivity contribution >= 4 is 34.2 Å². The number of hydrogen-bond donors (Lipinski definition) is 0. The van der Waals surface area contributed by atoms with Crippen molar-refractivity contribution in [3.05, 3.63) is 31.9 Å². The summed E-state index contributed by atoms with van der Waals surface area (Å²) in [5.74, 6) is 0. The SMILES string of the molecule is Cc1c(I)ccc(Cl)c1CC#N. The average Bonchev–Trinajstić information content (AvgIpc) is 2.06. The summed E-state index contributed by atoms with van der Waals surface area (Å²) in [5, 5.41) is 9.24. The number of halogens is 2. The second kappa shape index (κ2) is 4.11. The molecule has 0 spiro atoms. The molecule has 3 heteroatoms. The number of benzene rings is 1. The van der Waals surface area contributed by atoms with Crippen LogP contribution < -0.4 is 0 Å². The molecule has 0 radical (unpaired) electrons. The third kappa shape index (κ3) is 1.90. The molecule has 0 amide bonds. The fourth-order valence-electron chi connectivity index (χ4n) is 0.991. The highest BCUT2D eigenvalue weighted by atomic mass is 127. The van der Waals surface area contributed by atoms with Crippen molar-refractivity contribution in [3.8, 4) is 6.07 Å². The summed E-state index contributed by atoms with van der Waals surface area (Å²) >= 11 is 8.16. The van der Waals surface area contributed by atoms with Crippen molar-refractivity contribution in [2.45, 2.75) is 13.3 Å². The Morgan fingerprint density at radius 1 is 1.58 bits per heavy atom. The zero-order valence-corrected chi connectivity index (χ0v) is 9.48. The zero-order valence-electron chi connectivity index (χ0n) is 6.56. The van der Waals surface area contributed by atoms with E-state index in [9.17, 15) is 0 Å². The predicted molar refractivity (Wildman–Crippen MR) is 58.2 cm³/mol. The van der Waals surface area contributed by atoms with E-state index in [4.69, 9.17) is 16.9 Å². The van der Waals surface area contributed by atoms with E-state index in [-0.39, 0.29) is 0 Å². The lowest BCUT2D eigenvalue weighted by Crippen LogP contribution is -1.91. The summed E-state index contributed by atoms with van der Waals surface area (Å²) in [6.07, 6.45) is 0.390. The Kier molecular flexibility index (Phi) is 3.36. The number of rotatable bonds is 1. The summed E-state index contributed by atoms with van der Waals surface area (Å²) in [4.78, 5) is 0. The molecule has 0 saturated heterocycles. The molecule has 0 aromatic heterocycles. The topological polar surface area (TPSA) is 23.8 Å². The Balaban J connectivity index is 3.25. The normalized spacial score (nSPS) is 9.50. The van der Waals surface area contributed by atoms with Gasteiger partial charge in [-0.15, -0.1) is 0 Å². The van der Waals surface area contributed by atoms with Crippen LogP contribution in [0.25, 0.3) is 0 Å². The first-order chi connectivity index (χ1) is 5.66. The highest BCUT2D eigenvalue weighted by Crippen LogP contribution is 2.24. The van der Waals surface area contributed by atoms with Crippen molar-refractivity contribution in [3.63, 3.8) is 0 Å². The van der Waals surface area contributed by atoms with E-state index < -0.39 is 0 Å². The lowest BCUT2D eigenvalue weighted by atomic mass is 10.1. The van der Waals surface area contributed by atoms with Crippen molar-refractivity contribution in [2.75, 3.05) is 0 Å². The van der Waals surface area contributed by atoms with Crippen LogP contribution in [0.2, 0.25) is 5.02 Å². The van der Waals surface area contributed by atoms with Crippen LogP contribution in [0.15, 0.2) is 12.1 Å². The molecule has 12 heavy (non-hydrogen) atoms. The molecule has 0 aliphatic heterocycles. The summed E-state index contributed by atoms with van der Waals surface area (Å²) in [6.45, 7) is 1.99. The zero-order chi connectivity index (χ0) is 9.14. The van der Waals surface area contributed by atoms with Crippen molar-refractivity contribution in [1.82, 2.24) is 0 Å². The van der Waals surface area contributed by atoms with Crippen LogP contribution in [0.4, 0.5) is 0 Å². The minimum absolute atomic E-state index is 0.390. The Bertz CT molecular complexity index is 341. The molecule has 1 nitrogen and oxygen atoms in total. The molecule has 0 bridgehead atoms. The van der Waals surface area contributed by atoms with Crippen LogP contribution in [0, 0.1) is 21.8 Å². The van der Waals surface area contributed by atoms with E-state index in [1.54, 1.807) is 0 Å². The van der Waals surface area contributed by atoms with Gasteiger partial charge in [0, 0.05) is 8.59 Å². The van der Waals surface area contributed by atoms with E-state index in [0.29, 0.717) is 11.4 Å². The smallest absolute Gasteiger partial charge is 0.0670 e. The fraction of sp³-hybridized carbons (Fsp3) is 0.222. The van der Waals surface area contributed by atoms with Gasteiger partial charge in [-0.05, 0) is 52.8 Å². The Labute approximate surface area is 90.5 Å². The van der Waals surface area contributed by atoms with Crippen LogP contribution in [-0.2, 0) is 6.42 Å². The van der Waals surface area contributed by atoms with Gasteiger partial charge in [-0.2, -0.15) is 5.26 Å². The molecule has 0 N–H and O–H groups in total. The second-order valence-electron chi connectivity index (χ2n) is 2.47. The minimum atomic E-state index is 0.390. The summed E-state index contributed by atoms with van der Waals surface area (Å²) in [5.41, 5.74) is 2.07. The molecule has 0 heterocycles. The second-order valence-corrected chi connectivity index (χ2v) is 4.04. The summed E-state index contributed by atoms with van der Waals surface area (Å²) in [6, 6.07) is 5.90. The molecule has 0 saturated carbocycles. The van der Waals surface area contributed by atoms with Gasteiger partial charge in [0.05, 0.1) is 12.5 Å².